The number of hydrogen-bond donors (Lipinski definition) is 2. The van der Waals surface area contributed by atoms with Crippen molar-refractivity contribution in [2.75, 3.05) is 72.7 Å². The molecule has 0 aromatic rings. The Balaban J connectivity index is 5.06. The third kappa shape index (κ3) is 9.30. The molecule has 7 nitrogen and oxygen atoms in total. The van der Waals surface area contributed by atoms with Crippen molar-refractivity contribution < 1.29 is 109 Å². The molecule has 1 unspecified atom stereocenters. The molecule has 44 heavy (non-hydrogen) atoms. The molecule has 0 amide bonds. The molecule has 0 aliphatic carbocycles. The van der Waals surface area contributed by atoms with Crippen LogP contribution in [0.3, 0.4) is 0 Å². The SMILES string of the molecule is OCCOCCOCCOCCOCC(O)COCC(F)(F)C(F)(F)C(F)(F)C(F)(F)C(F)(F)C(F)(F)C(F)(F)C(F)(F)F. The number of aliphatic hydroxyl groups excluding tert-OH is 2. The Labute approximate surface area is 236 Å². The van der Waals surface area contributed by atoms with Gasteiger partial charge < -0.3 is 33.9 Å². The predicted octanol–water partition coefficient (Wildman–Crippen LogP) is 4.43. The second-order valence-corrected chi connectivity index (χ2v) is 8.45. The summed E-state index contributed by atoms with van der Waals surface area (Å²) >= 11 is 0. The molecule has 1 atom stereocenters. The van der Waals surface area contributed by atoms with Crippen LogP contribution in [0.15, 0.2) is 0 Å². The van der Waals surface area contributed by atoms with Crippen molar-refractivity contribution in [1.29, 1.82) is 0 Å². The Morgan fingerprint density at radius 1 is 0.409 bits per heavy atom. The minimum atomic E-state index is -8.71. The molecule has 0 radical (unpaired) electrons. The zero-order valence-electron chi connectivity index (χ0n) is 21.7. The maximum absolute atomic E-state index is 13.7. The largest absolute Gasteiger partial charge is 0.460 e. The Bertz CT molecular complexity index is 840. The summed E-state index contributed by atoms with van der Waals surface area (Å²) in [5.41, 5.74) is 0. The summed E-state index contributed by atoms with van der Waals surface area (Å²) in [6.45, 7) is -5.55. The van der Waals surface area contributed by atoms with Crippen LogP contribution in [0.2, 0.25) is 0 Å². The van der Waals surface area contributed by atoms with Gasteiger partial charge in [-0.05, 0) is 0 Å². The molecule has 0 rings (SSSR count). The summed E-state index contributed by atoms with van der Waals surface area (Å²) in [6.07, 6.45) is -9.84. The molecule has 0 saturated heterocycles. The number of hydrogen-bond acceptors (Lipinski definition) is 7. The first kappa shape index (κ1) is 42.5. The van der Waals surface area contributed by atoms with E-state index in [0.717, 1.165) is 0 Å². The van der Waals surface area contributed by atoms with E-state index in [9.17, 15) is 79.7 Å². The van der Waals surface area contributed by atoms with Crippen LogP contribution in [0.4, 0.5) is 74.6 Å². The fourth-order valence-corrected chi connectivity index (χ4v) is 2.60. The molecule has 0 aromatic carbocycles. The van der Waals surface area contributed by atoms with Crippen LogP contribution in [-0.2, 0) is 23.7 Å². The summed E-state index contributed by atoms with van der Waals surface area (Å²) in [5.74, 6) is -57.2. The molecular weight excluding hydrogens is 675 g/mol. The molecule has 0 heterocycles. The molecular formula is C20H25F17O7. The number of aliphatic hydroxyl groups is 2. The van der Waals surface area contributed by atoms with Crippen molar-refractivity contribution in [1.82, 2.24) is 0 Å². The van der Waals surface area contributed by atoms with E-state index in [1.807, 2.05) is 0 Å². The van der Waals surface area contributed by atoms with Crippen molar-refractivity contribution in [3.63, 3.8) is 0 Å². The van der Waals surface area contributed by atoms with Gasteiger partial charge >= 0.3 is 47.6 Å². The van der Waals surface area contributed by atoms with E-state index in [2.05, 4.69) is 4.74 Å². The van der Waals surface area contributed by atoms with Gasteiger partial charge in [0, 0.05) is 0 Å². The van der Waals surface area contributed by atoms with E-state index in [4.69, 9.17) is 24.1 Å². The second-order valence-electron chi connectivity index (χ2n) is 8.45. The van der Waals surface area contributed by atoms with Crippen molar-refractivity contribution in [3.8, 4) is 0 Å². The molecule has 0 spiro atoms. The smallest absolute Gasteiger partial charge is 0.394 e. The van der Waals surface area contributed by atoms with Crippen LogP contribution < -0.4 is 0 Å². The zero-order chi connectivity index (χ0) is 34.9. The molecule has 24 heteroatoms. The van der Waals surface area contributed by atoms with Crippen molar-refractivity contribution in [3.05, 3.63) is 0 Å². The normalized spacial score (nSPS) is 15.6. The third-order valence-electron chi connectivity index (χ3n) is 5.04. The van der Waals surface area contributed by atoms with Gasteiger partial charge in [-0.25, -0.2) is 0 Å². The molecule has 0 fully saturated rings. The van der Waals surface area contributed by atoms with Gasteiger partial charge in [0.1, 0.15) is 12.7 Å². The highest BCUT2D eigenvalue weighted by Crippen LogP contribution is 2.63. The van der Waals surface area contributed by atoms with Crippen LogP contribution in [0.1, 0.15) is 0 Å². The minimum Gasteiger partial charge on any atom is -0.394 e. The lowest BCUT2D eigenvalue weighted by Crippen LogP contribution is -2.74. The zero-order valence-corrected chi connectivity index (χ0v) is 21.7. The molecule has 0 aromatic heterocycles. The monoisotopic (exact) mass is 700 g/mol. The number of halogens is 17. The second kappa shape index (κ2) is 15.9. The van der Waals surface area contributed by atoms with Gasteiger partial charge in [-0.15, -0.1) is 0 Å². The van der Waals surface area contributed by atoms with Crippen LogP contribution in [0.5, 0.6) is 0 Å². The Hall–Kier alpha value is -1.47. The van der Waals surface area contributed by atoms with Gasteiger partial charge in [-0.3, -0.25) is 0 Å². The molecule has 0 aliphatic heterocycles. The lowest BCUT2D eigenvalue weighted by Gasteiger charge is -2.42. The van der Waals surface area contributed by atoms with Gasteiger partial charge in [0.15, 0.2) is 0 Å². The lowest BCUT2D eigenvalue weighted by atomic mass is 9.89. The first-order valence-corrected chi connectivity index (χ1v) is 11.6. The molecule has 0 saturated carbocycles. The average molecular weight is 700 g/mol. The van der Waals surface area contributed by atoms with E-state index in [1.165, 1.54) is 0 Å². The van der Waals surface area contributed by atoms with Crippen LogP contribution in [0, 0.1) is 0 Å². The highest BCUT2D eigenvalue weighted by Gasteiger charge is 2.95. The van der Waals surface area contributed by atoms with Gasteiger partial charge in [-0.2, -0.15) is 74.6 Å². The van der Waals surface area contributed by atoms with Crippen LogP contribution in [0.25, 0.3) is 0 Å². The number of ether oxygens (including phenoxy) is 5. The quantitative estimate of drug-likeness (QED) is 0.121. The summed E-state index contributed by atoms with van der Waals surface area (Å²) < 4.78 is 248. The molecule has 2 N–H and O–H groups in total. The number of alkyl halides is 17. The molecule has 0 aliphatic rings. The first-order valence-electron chi connectivity index (χ1n) is 11.6. The van der Waals surface area contributed by atoms with E-state index in [-0.39, 0.29) is 52.9 Å². The molecule has 0 bridgehead atoms. The maximum atomic E-state index is 13.7. The summed E-state index contributed by atoms with van der Waals surface area (Å²) in [6, 6.07) is 0. The van der Waals surface area contributed by atoms with Crippen LogP contribution in [-0.4, -0.2) is 137 Å². The van der Waals surface area contributed by atoms with E-state index in [1.54, 1.807) is 0 Å². The van der Waals surface area contributed by atoms with E-state index in [0.29, 0.717) is 0 Å². The molecule has 266 valence electrons. The van der Waals surface area contributed by atoms with E-state index < -0.39 is 73.6 Å². The topological polar surface area (TPSA) is 86.6 Å². The first-order chi connectivity index (χ1) is 19.7. The average Bonchev–Trinajstić information content (AvgIpc) is 2.87. The Morgan fingerprint density at radius 3 is 1.11 bits per heavy atom. The van der Waals surface area contributed by atoms with Crippen molar-refractivity contribution in [2.24, 2.45) is 0 Å². The Kier molecular flexibility index (Phi) is 15.4. The van der Waals surface area contributed by atoms with Gasteiger partial charge in [0.05, 0.1) is 66.1 Å². The van der Waals surface area contributed by atoms with Crippen LogP contribution >= 0.6 is 0 Å². The van der Waals surface area contributed by atoms with Crippen molar-refractivity contribution in [2.45, 2.75) is 53.7 Å². The van der Waals surface area contributed by atoms with Gasteiger partial charge in [0.25, 0.3) is 0 Å². The number of rotatable bonds is 23. The highest BCUT2D eigenvalue weighted by atomic mass is 19.4. The van der Waals surface area contributed by atoms with Gasteiger partial charge in [0.2, 0.25) is 0 Å². The third-order valence-corrected chi connectivity index (χ3v) is 5.04. The maximum Gasteiger partial charge on any atom is 0.460 e. The fraction of sp³-hybridized carbons (Fsp3) is 1.00. The summed E-state index contributed by atoms with van der Waals surface area (Å²) in [4.78, 5) is 0. The standard InChI is InChI=1S/C20H25F17O7/c21-13(22,11-44-10-12(39)9-43-8-7-42-6-5-41-4-3-40-2-1-38)14(23,24)15(25,26)16(27,28)17(29,30)18(31,32)19(33,34)20(35,36)37/h12,38-39H,1-11H2. The summed E-state index contributed by atoms with van der Waals surface area (Å²) in [7, 11) is 0. The lowest BCUT2D eigenvalue weighted by molar-refractivity contribution is -0.462. The van der Waals surface area contributed by atoms with E-state index >= 15 is 0 Å². The highest BCUT2D eigenvalue weighted by molar-refractivity contribution is 5.15. The predicted molar refractivity (Wildman–Crippen MR) is 108 cm³/mol. The van der Waals surface area contributed by atoms with Crippen molar-refractivity contribution >= 4 is 0 Å². The Morgan fingerprint density at radius 2 is 0.727 bits per heavy atom. The minimum absolute atomic E-state index is 0.0241. The van der Waals surface area contributed by atoms with Gasteiger partial charge in [-0.1, -0.05) is 0 Å². The fourth-order valence-electron chi connectivity index (χ4n) is 2.60. The summed E-state index contributed by atoms with van der Waals surface area (Å²) in [5, 5.41) is 17.9.